The smallest absolute Gasteiger partial charge is 0.255 e. The molecule has 1 N–H and O–H groups in total. The van der Waals surface area contributed by atoms with E-state index in [1.807, 2.05) is 16.7 Å². The molecule has 1 aromatic heterocycles. The highest BCUT2D eigenvalue weighted by Crippen LogP contribution is 2.27. The third kappa shape index (κ3) is 3.67. The molecule has 2 heterocycles. The minimum Gasteiger partial charge on any atom is -0.322 e. The van der Waals surface area contributed by atoms with Gasteiger partial charge in [-0.25, -0.2) is 4.39 Å². The van der Waals surface area contributed by atoms with Gasteiger partial charge in [-0.15, -0.1) is 10.2 Å². The van der Waals surface area contributed by atoms with Crippen LogP contribution in [-0.2, 0) is 19.4 Å². The van der Waals surface area contributed by atoms with Crippen molar-refractivity contribution >= 4 is 11.6 Å². The molecule has 1 aliphatic rings. The van der Waals surface area contributed by atoms with E-state index in [1.165, 1.54) is 11.6 Å². The maximum atomic E-state index is 14.6. The van der Waals surface area contributed by atoms with Crippen molar-refractivity contribution in [2.45, 2.75) is 45.6 Å². The first-order valence-corrected chi connectivity index (χ1v) is 9.78. The van der Waals surface area contributed by atoms with E-state index in [-0.39, 0.29) is 11.7 Å². The summed E-state index contributed by atoms with van der Waals surface area (Å²) in [5.74, 6) is 0.833. The number of halogens is 1. The summed E-state index contributed by atoms with van der Waals surface area (Å²) in [7, 11) is 0. The lowest BCUT2D eigenvalue weighted by Crippen LogP contribution is -2.12. The molecule has 2 aromatic carbocycles. The lowest BCUT2D eigenvalue weighted by Gasteiger charge is -2.11. The van der Waals surface area contributed by atoms with E-state index in [0.717, 1.165) is 44.5 Å². The summed E-state index contributed by atoms with van der Waals surface area (Å²) in [4.78, 5) is 12.5. The van der Waals surface area contributed by atoms with Crippen LogP contribution in [0.5, 0.6) is 0 Å². The molecule has 0 saturated carbocycles. The second-order valence-electron chi connectivity index (χ2n) is 7.10. The van der Waals surface area contributed by atoms with Gasteiger partial charge in [0, 0.05) is 24.2 Å². The number of nitrogens with zero attached hydrogens (tertiary/aromatic N) is 3. The first kappa shape index (κ1) is 18.3. The fraction of sp³-hybridized carbons (Fsp3) is 0.318. The molecule has 0 aliphatic carbocycles. The highest BCUT2D eigenvalue weighted by molar-refractivity contribution is 6.04. The van der Waals surface area contributed by atoms with Crippen molar-refractivity contribution in [1.82, 2.24) is 14.8 Å². The highest BCUT2D eigenvalue weighted by Gasteiger charge is 2.19. The lowest BCUT2D eigenvalue weighted by atomic mass is 10.1. The fourth-order valence-corrected chi connectivity index (χ4v) is 3.55. The number of nitrogens with one attached hydrogen (secondary N) is 1. The number of fused-ring (bicyclic) bond motifs is 1. The van der Waals surface area contributed by atoms with Gasteiger partial charge < -0.3 is 9.88 Å². The molecule has 144 valence electrons. The molecular formula is C22H23FN4O. The first-order valence-electron chi connectivity index (χ1n) is 9.78. The van der Waals surface area contributed by atoms with Gasteiger partial charge in [-0.05, 0) is 55.2 Å². The second kappa shape index (κ2) is 7.92. The Morgan fingerprint density at radius 3 is 2.71 bits per heavy atom. The number of aromatic nitrogens is 3. The molecule has 0 unspecified atom stereocenters. The number of hydrogen-bond acceptors (Lipinski definition) is 3. The first-order chi connectivity index (χ1) is 13.7. The van der Waals surface area contributed by atoms with Gasteiger partial charge in [-0.2, -0.15) is 0 Å². The van der Waals surface area contributed by atoms with E-state index < -0.39 is 0 Å². The van der Waals surface area contributed by atoms with E-state index >= 15 is 0 Å². The van der Waals surface area contributed by atoms with Crippen molar-refractivity contribution < 1.29 is 9.18 Å². The topological polar surface area (TPSA) is 59.8 Å². The van der Waals surface area contributed by atoms with Crippen molar-refractivity contribution in [3.8, 4) is 11.4 Å². The molecule has 4 rings (SSSR count). The lowest BCUT2D eigenvalue weighted by molar-refractivity contribution is 0.102. The Morgan fingerprint density at radius 1 is 1.11 bits per heavy atom. The number of aryl methyl sites for hydroxylation is 2. The van der Waals surface area contributed by atoms with Crippen LogP contribution in [0.2, 0.25) is 0 Å². The number of anilines is 1. The molecule has 0 atom stereocenters. The summed E-state index contributed by atoms with van der Waals surface area (Å²) in [5.41, 5.74) is 2.64. The zero-order valence-electron chi connectivity index (χ0n) is 15.9. The molecule has 0 saturated heterocycles. The molecule has 6 heteroatoms. The Kier molecular flexibility index (Phi) is 5.19. The minimum atomic E-state index is -0.371. The predicted molar refractivity (Wildman–Crippen MR) is 107 cm³/mol. The maximum absolute atomic E-state index is 14.6. The van der Waals surface area contributed by atoms with Gasteiger partial charge >= 0.3 is 0 Å². The number of carbonyl (C=O) groups excluding carboxylic acids is 1. The van der Waals surface area contributed by atoms with Crippen LogP contribution in [0.15, 0.2) is 42.5 Å². The summed E-state index contributed by atoms with van der Waals surface area (Å²) in [6.07, 6.45) is 5.03. The third-order valence-electron chi connectivity index (χ3n) is 5.20. The zero-order valence-corrected chi connectivity index (χ0v) is 15.9. The molecule has 0 fully saturated rings. The molecule has 0 bridgehead atoms. The Balaban J connectivity index is 1.61. The molecule has 3 aromatic rings. The predicted octanol–water partition coefficient (Wildman–Crippen LogP) is 4.63. The van der Waals surface area contributed by atoms with Crippen molar-refractivity contribution in [3.05, 3.63) is 65.2 Å². The van der Waals surface area contributed by atoms with E-state index in [4.69, 9.17) is 0 Å². The van der Waals surface area contributed by atoms with Crippen molar-refractivity contribution in [3.63, 3.8) is 0 Å². The number of hydrogen-bond donors (Lipinski definition) is 1. The van der Waals surface area contributed by atoms with E-state index in [0.29, 0.717) is 22.6 Å². The minimum absolute atomic E-state index is 0.222. The van der Waals surface area contributed by atoms with E-state index in [2.05, 4.69) is 22.4 Å². The van der Waals surface area contributed by atoms with E-state index in [9.17, 15) is 9.18 Å². The standard InChI is InChI=1S/C22H23FN4O/c1-2-15-7-9-16(10-8-15)22(28)24-17-11-12-19(23)18(14-17)21-26-25-20-6-4-3-5-13-27(20)21/h7-12,14H,2-6,13H2,1H3,(H,24,28). The normalized spacial score (nSPS) is 13.6. The quantitative estimate of drug-likeness (QED) is 0.720. The van der Waals surface area contributed by atoms with Crippen LogP contribution in [0.25, 0.3) is 11.4 Å². The number of benzene rings is 2. The summed E-state index contributed by atoms with van der Waals surface area (Å²) in [6.45, 7) is 2.86. The summed E-state index contributed by atoms with van der Waals surface area (Å²) in [6, 6.07) is 12.1. The average Bonchev–Trinajstić information content (AvgIpc) is 2.97. The van der Waals surface area contributed by atoms with Crippen LogP contribution < -0.4 is 5.32 Å². The molecule has 1 aliphatic heterocycles. The SMILES string of the molecule is CCc1ccc(C(=O)Nc2ccc(F)c(-c3nnc4n3CCCCC4)c2)cc1. The largest absolute Gasteiger partial charge is 0.322 e. The Bertz CT molecular complexity index is 994. The Hall–Kier alpha value is -3.02. The summed E-state index contributed by atoms with van der Waals surface area (Å²) < 4.78 is 16.6. The van der Waals surface area contributed by atoms with Gasteiger partial charge in [0.1, 0.15) is 11.6 Å². The summed E-state index contributed by atoms with van der Waals surface area (Å²) >= 11 is 0. The van der Waals surface area contributed by atoms with Gasteiger partial charge in [-0.3, -0.25) is 4.79 Å². The van der Waals surface area contributed by atoms with Gasteiger partial charge in [0.25, 0.3) is 5.91 Å². The van der Waals surface area contributed by atoms with Crippen molar-refractivity contribution in [1.29, 1.82) is 0 Å². The van der Waals surface area contributed by atoms with Crippen LogP contribution in [0.3, 0.4) is 0 Å². The van der Waals surface area contributed by atoms with Crippen LogP contribution in [0.1, 0.15) is 47.9 Å². The highest BCUT2D eigenvalue weighted by atomic mass is 19.1. The van der Waals surface area contributed by atoms with Crippen LogP contribution in [-0.4, -0.2) is 20.7 Å². The van der Waals surface area contributed by atoms with Gasteiger partial charge in [0.05, 0.1) is 5.56 Å². The number of amides is 1. The van der Waals surface area contributed by atoms with Crippen molar-refractivity contribution in [2.75, 3.05) is 5.32 Å². The molecule has 28 heavy (non-hydrogen) atoms. The van der Waals surface area contributed by atoms with Crippen LogP contribution in [0.4, 0.5) is 10.1 Å². The molecule has 5 nitrogen and oxygen atoms in total. The molecule has 0 radical (unpaired) electrons. The van der Waals surface area contributed by atoms with Crippen LogP contribution in [0, 0.1) is 5.82 Å². The average molecular weight is 378 g/mol. The zero-order chi connectivity index (χ0) is 19.5. The number of carbonyl (C=O) groups is 1. The monoisotopic (exact) mass is 378 g/mol. The summed E-state index contributed by atoms with van der Waals surface area (Å²) in [5, 5.41) is 11.3. The van der Waals surface area contributed by atoms with Crippen LogP contribution >= 0.6 is 0 Å². The molecule has 1 amide bonds. The molecule has 0 spiro atoms. The fourth-order valence-electron chi connectivity index (χ4n) is 3.55. The Labute approximate surface area is 163 Å². The Morgan fingerprint density at radius 2 is 1.93 bits per heavy atom. The van der Waals surface area contributed by atoms with Gasteiger partial charge in [0.15, 0.2) is 5.82 Å². The van der Waals surface area contributed by atoms with Crippen molar-refractivity contribution in [2.24, 2.45) is 0 Å². The number of rotatable bonds is 4. The van der Waals surface area contributed by atoms with E-state index in [1.54, 1.807) is 24.3 Å². The third-order valence-corrected chi connectivity index (χ3v) is 5.20. The van der Waals surface area contributed by atoms with Gasteiger partial charge in [0.2, 0.25) is 0 Å². The molecular weight excluding hydrogens is 355 g/mol. The van der Waals surface area contributed by atoms with Gasteiger partial charge in [-0.1, -0.05) is 25.5 Å². The maximum Gasteiger partial charge on any atom is 0.255 e. The second-order valence-corrected chi connectivity index (χ2v) is 7.10.